The average Bonchev–Trinajstić information content (AvgIpc) is 3.42. The zero-order valence-electron chi connectivity index (χ0n) is 15.5. The van der Waals surface area contributed by atoms with E-state index in [1.54, 1.807) is 23.7 Å². The zero-order chi connectivity index (χ0) is 20.4. The number of benzene rings is 1. The van der Waals surface area contributed by atoms with Gasteiger partial charge in [0.1, 0.15) is 4.21 Å². The number of carbonyl (C=O) groups is 2. The second-order valence-corrected chi connectivity index (χ2v) is 10.0. The fourth-order valence-corrected chi connectivity index (χ4v) is 6.12. The Morgan fingerprint density at radius 2 is 1.90 bits per heavy atom. The molecular weight excluding hydrogens is 412 g/mol. The highest BCUT2D eigenvalue weighted by Gasteiger charge is 2.33. The molecule has 1 saturated heterocycles. The van der Waals surface area contributed by atoms with Crippen LogP contribution in [0, 0.1) is 5.92 Å². The van der Waals surface area contributed by atoms with Crippen molar-refractivity contribution in [3.63, 3.8) is 0 Å². The van der Waals surface area contributed by atoms with E-state index in [0.29, 0.717) is 22.6 Å². The van der Waals surface area contributed by atoms with Gasteiger partial charge in [-0.05, 0) is 30.4 Å². The van der Waals surface area contributed by atoms with Gasteiger partial charge < -0.3 is 9.72 Å². The molecule has 0 unspecified atom stereocenters. The second-order valence-electron chi connectivity index (χ2n) is 6.89. The Labute approximate surface area is 172 Å². The summed E-state index contributed by atoms with van der Waals surface area (Å²) in [5.74, 6) is -1.12. The molecule has 7 nitrogen and oxygen atoms in total. The fraction of sp³-hybridized carbons (Fsp3) is 0.300. The number of piperidine rings is 1. The lowest BCUT2D eigenvalue weighted by Gasteiger charge is -2.29. The smallest absolute Gasteiger partial charge is 0.309 e. The van der Waals surface area contributed by atoms with Crippen LogP contribution in [0.2, 0.25) is 0 Å². The number of aromatic nitrogens is 1. The Morgan fingerprint density at radius 1 is 1.14 bits per heavy atom. The Hall–Kier alpha value is -2.49. The van der Waals surface area contributed by atoms with Crippen molar-refractivity contribution in [3.05, 3.63) is 53.5 Å². The first kappa shape index (κ1) is 19.8. The summed E-state index contributed by atoms with van der Waals surface area (Å²) >= 11 is 1.18. The predicted octanol–water partition coefficient (Wildman–Crippen LogP) is 3.06. The van der Waals surface area contributed by atoms with Crippen LogP contribution in [0.5, 0.6) is 0 Å². The first-order chi connectivity index (χ1) is 14.0. The molecule has 0 aliphatic carbocycles. The highest BCUT2D eigenvalue weighted by atomic mass is 32.2. The molecule has 3 aromatic rings. The highest BCUT2D eigenvalue weighted by molar-refractivity contribution is 7.91. The maximum atomic E-state index is 12.6. The third-order valence-electron chi connectivity index (χ3n) is 5.11. The van der Waals surface area contributed by atoms with Gasteiger partial charge in [-0.25, -0.2) is 8.42 Å². The van der Waals surface area contributed by atoms with Crippen LogP contribution in [0.1, 0.15) is 23.2 Å². The molecular formula is C20H20N2O5S2. The molecule has 9 heteroatoms. The van der Waals surface area contributed by atoms with Crippen LogP contribution >= 0.6 is 11.3 Å². The van der Waals surface area contributed by atoms with Gasteiger partial charge in [-0.3, -0.25) is 9.59 Å². The number of aromatic amines is 1. The number of sulfonamides is 1. The SMILES string of the molecule is O=C(COC(=O)C1CCN(S(=O)(=O)c2cccs2)CC1)c1c[nH]c2ccccc12. The normalized spacial score (nSPS) is 16.1. The number of fused-ring (bicyclic) bond motifs is 1. The molecule has 3 heterocycles. The molecule has 1 aliphatic rings. The van der Waals surface area contributed by atoms with Gasteiger partial charge in [-0.1, -0.05) is 24.3 Å². The Bertz CT molecular complexity index is 1130. The molecule has 0 spiro atoms. The van der Waals surface area contributed by atoms with Crippen molar-refractivity contribution in [2.45, 2.75) is 17.1 Å². The Balaban J connectivity index is 1.32. The Morgan fingerprint density at radius 3 is 2.62 bits per heavy atom. The van der Waals surface area contributed by atoms with Crippen molar-refractivity contribution in [3.8, 4) is 0 Å². The summed E-state index contributed by atoms with van der Waals surface area (Å²) in [5.41, 5.74) is 1.34. The fourth-order valence-electron chi connectivity index (χ4n) is 3.50. The van der Waals surface area contributed by atoms with Crippen molar-refractivity contribution in [2.24, 2.45) is 5.92 Å². The molecule has 29 heavy (non-hydrogen) atoms. The molecule has 1 fully saturated rings. The zero-order valence-corrected chi connectivity index (χ0v) is 17.2. The lowest BCUT2D eigenvalue weighted by Crippen LogP contribution is -2.40. The molecule has 0 atom stereocenters. The third-order valence-corrected chi connectivity index (χ3v) is 8.38. The van der Waals surface area contributed by atoms with Gasteiger partial charge in [-0.15, -0.1) is 11.3 Å². The maximum absolute atomic E-state index is 12.6. The van der Waals surface area contributed by atoms with E-state index in [-0.39, 0.29) is 25.5 Å². The summed E-state index contributed by atoms with van der Waals surface area (Å²) in [7, 11) is -3.50. The number of hydrogen-bond acceptors (Lipinski definition) is 6. The van der Waals surface area contributed by atoms with Crippen LogP contribution in [0.4, 0.5) is 0 Å². The van der Waals surface area contributed by atoms with Crippen LogP contribution in [-0.4, -0.2) is 49.2 Å². The molecule has 2 aromatic heterocycles. The minimum atomic E-state index is -3.50. The number of esters is 1. The van der Waals surface area contributed by atoms with E-state index in [0.717, 1.165) is 10.9 Å². The first-order valence-electron chi connectivity index (χ1n) is 9.26. The molecule has 0 saturated carbocycles. The number of thiophene rings is 1. The topological polar surface area (TPSA) is 96.5 Å². The summed E-state index contributed by atoms with van der Waals surface area (Å²) in [6.45, 7) is 0.196. The Kier molecular flexibility index (Phi) is 5.53. The number of para-hydroxylation sites is 1. The molecule has 1 aliphatic heterocycles. The highest BCUT2D eigenvalue weighted by Crippen LogP contribution is 2.27. The number of ketones is 1. The lowest BCUT2D eigenvalue weighted by atomic mass is 9.98. The van der Waals surface area contributed by atoms with Crippen molar-refractivity contribution in [1.29, 1.82) is 0 Å². The van der Waals surface area contributed by atoms with Crippen molar-refractivity contribution in [1.82, 2.24) is 9.29 Å². The monoisotopic (exact) mass is 432 g/mol. The minimum Gasteiger partial charge on any atom is -0.457 e. The van der Waals surface area contributed by atoms with Crippen molar-refractivity contribution in [2.75, 3.05) is 19.7 Å². The number of carbonyl (C=O) groups excluding carboxylic acids is 2. The van der Waals surface area contributed by atoms with E-state index in [4.69, 9.17) is 4.74 Å². The number of rotatable bonds is 6. The summed E-state index contributed by atoms with van der Waals surface area (Å²) in [5, 5.41) is 2.52. The van der Waals surface area contributed by atoms with Crippen LogP contribution in [-0.2, 0) is 19.6 Å². The molecule has 1 N–H and O–H groups in total. The van der Waals surface area contributed by atoms with Gasteiger partial charge in [-0.2, -0.15) is 4.31 Å². The molecule has 1 aromatic carbocycles. The van der Waals surface area contributed by atoms with E-state index < -0.39 is 21.9 Å². The van der Waals surface area contributed by atoms with Crippen molar-refractivity contribution < 1.29 is 22.7 Å². The standard InChI is InChI=1S/C20H20N2O5S2/c23-18(16-12-21-17-5-2-1-4-15(16)17)13-27-20(24)14-7-9-22(10-8-14)29(25,26)19-6-3-11-28-19/h1-6,11-12,14,21H,7-10,13H2. The van der Waals surface area contributed by atoms with E-state index in [9.17, 15) is 18.0 Å². The van der Waals surface area contributed by atoms with E-state index in [1.165, 1.54) is 15.6 Å². The first-order valence-corrected chi connectivity index (χ1v) is 11.6. The lowest BCUT2D eigenvalue weighted by molar-refractivity contribution is -0.148. The summed E-state index contributed by atoms with van der Waals surface area (Å²) < 4.78 is 32.1. The number of nitrogens with zero attached hydrogens (tertiary/aromatic N) is 1. The number of ether oxygens (including phenoxy) is 1. The minimum absolute atomic E-state index is 0.260. The van der Waals surface area contributed by atoms with Crippen LogP contribution in [0.25, 0.3) is 10.9 Å². The predicted molar refractivity (Wildman–Crippen MR) is 109 cm³/mol. The number of nitrogens with one attached hydrogen (secondary N) is 1. The van der Waals surface area contributed by atoms with Gasteiger partial charge in [0.25, 0.3) is 10.0 Å². The van der Waals surface area contributed by atoms with Gasteiger partial charge >= 0.3 is 5.97 Å². The van der Waals surface area contributed by atoms with Crippen molar-refractivity contribution >= 4 is 44.0 Å². The van der Waals surface area contributed by atoms with Gasteiger partial charge in [0.15, 0.2) is 6.61 Å². The van der Waals surface area contributed by atoms with Crippen LogP contribution in [0.3, 0.4) is 0 Å². The molecule has 4 rings (SSSR count). The van der Waals surface area contributed by atoms with Gasteiger partial charge in [0.05, 0.1) is 5.92 Å². The van der Waals surface area contributed by atoms with Gasteiger partial charge in [0.2, 0.25) is 5.78 Å². The summed E-state index contributed by atoms with van der Waals surface area (Å²) in [6.07, 6.45) is 2.38. The molecule has 0 bridgehead atoms. The van der Waals surface area contributed by atoms with Crippen LogP contribution < -0.4 is 0 Å². The quantitative estimate of drug-likeness (QED) is 0.477. The van der Waals surface area contributed by atoms with Crippen LogP contribution in [0.15, 0.2) is 52.2 Å². The summed E-state index contributed by atoms with van der Waals surface area (Å²) in [4.78, 5) is 27.8. The molecule has 0 radical (unpaired) electrons. The largest absolute Gasteiger partial charge is 0.457 e. The number of hydrogen-bond donors (Lipinski definition) is 1. The average molecular weight is 433 g/mol. The second kappa shape index (κ2) is 8.10. The molecule has 152 valence electrons. The molecule has 0 amide bonds. The number of H-pyrrole nitrogens is 1. The van der Waals surface area contributed by atoms with E-state index >= 15 is 0 Å². The third kappa shape index (κ3) is 3.98. The van der Waals surface area contributed by atoms with Gasteiger partial charge in [0, 0.05) is 35.8 Å². The van der Waals surface area contributed by atoms with E-state index in [1.807, 2.05) is 24.3 Å². The number of Topliss-reactive ketones (excluding diaryl/α,β-unsaturated/α-hetero) is 1. The van der Waals surface area contributed by atoms with E-state index in [2.05, 4.69) is 4.98 Å². The maximum Gasteiger partial charge on any atom is 0.309 e. The summed E-state index contributed by atoms with van der Waals surface area (Å²) in [6, 6.07) is 10.7.